The standard InChI is InChI=1S/C15H26N2.C2H6/c1-3-17(4-2)13-9-8-12-15(16)14-10-6-5-7-11-14;1-2/h5-7,10-11,15H,3-4,8-9,12-13,16H2,1-2H3;1-2H3. The highest BCUT2D eigenvalue weighted by Crippen LogP contribution is 2.16. The summed E-state index contributed by atoms with van der Waals surface area (Å²) in [4.78, 5) is 2.47. The summed E-state index contributed by atoms with van der Waals surface area (Å²) in [6.07, 6.45) is 3.56. The zero-order chi connectivity index (χ0) is 14.5. The van der Waals surface area contributed by atoms with Crippen molar-refractivity contribution in [3.63, 3.8) is 0 Å². The Morgan fingerprint density at radius 2 is 1.58 bits per heavy atom. The molecular weight excluding hydrogens is 232 g/mol. The van der Waals surface area contributed by atoms with Gasteiger partial charge in [-0.25, -0.2) is 0 Å². The highest BCUT2D eigenvalue weighted by molar-refractivity contribution is 5.18. The molecule has 0 aromatic heterocycles. The minimum Gasteiger partial charge on any atom is -0.324 e. The average Bonchev–Trinajstić information content (AvgIpc) is 2.50. The lowest BCUT2D eigenvalue weighted by molar-refractivity contribution is 0.294. The van der Waals surface area contributed by atoms with Crippen LogP contribution in [0.3, 0.4) is 0 Å². The lowest BCUT2D eigenvalue weighted by atomic mass is 10.0. The van der Waals surface area contributed by atoms with Gasteiger partial charge < -0.3 is 10.6 Å². The molecule has 0 saturated heterocycles. The maximum atomic E-state index is 6.16. The van der Waals surface area contributed by atoms with Crippen molar-refractivity contribution in [1.29, 1.82) is 0 Å². The molecule has 1 atom stereocenters. The molecule has 0 spiro atoms. The number of hydrogen-bond donors (Lipinski definition) is 1. The van der Waals surface area contributed by atoms with Gasteiger partial charge in [-0.1, -0.05) is 64.4 Å². The van der Waals surface area contributed by atoms with Crippen molar-refractivity contribution in [1.82, 2.24) is 4.90 Å². The van der Waals surface area contributed by atoms with Gasteiger partial charge in [-0.15, -0.1) is 0 Å². The Balaban J connectivity index is 0.00000154. The largest absolute Gasteiger partial charge is 0.324 e. The normalized spacial score (nSPS) is 11.9. The van der Waals surface area contributed by atoms with Gasteiger partial charge in [0.25, 0.3) is 0 Å². The molecule has 1 aromatic carbocycles. The number of nitrogens with zero attached hydrogens (tertiary/aromatic N) is 1. The molecule has 1 rings (SSSR count). The first-order valence-corrected chi connectivity index (χ1v) is 7.80. The Kier molecular flexibility index (Phi) is 11.6. The van der Waals surface area contributed by atoms with Crippen molar-refractivity contribution < 1.29 is 0 Å². The van der Waals surface area contributed by atoms with E-state index in [2.05, 4.69) is 43.0 Å². The number of benzene rings is 1. The Morgan fingerprint density at radius 3 is 2.11 bits per heavy atom. The van der Waals surface area contributed by atoms with Gasteiger partial charge in [-0.3, -0.25) is 0 Å². The number of unbranched alkanes of at least 4 members (excludes halogenated alkanes) is 1. The van der Waals surface area contributed by atoms with Crippen LogP contribution in [0, 0.1) is 0 Å². The third kappa shape index (κ3) is 8.02. The van der Waals surface area contributed by atoms with Crippen LogP contribution in [0.25, 0.3) is 0 Å². The molecule has 19 heavy (non-hydrogen) atoms. The molecule has 0 heterocycles. The van der Waals surface area contributed by atoms with Gasteiger partial charge in [0.05, 0.1) is 0 Å². The first-order valence-electron chi connectivity index (χ1n) is 7.80. The molecule has 0 amide bonds. The van der Waals surface area contributed by atoms with Crippen LogP contribution in [0.1, 0.15) is 58.6 Å². The van der Waals surface area contributed by atoms with Gasteiger partial charge in [0.2, 0.25) is 0 Å². The Labute approximate surface area is 120 Å². The van der Waals surface area contributed by atoms with Crippen molar-refractivity contribution in [2.24, 2.45) is 5.73 Å². The lowest BCUT2D eigenvalue weighted by Gasteiger charge is -2.18. The maximum absolute atomic E-state index is 6.16. The third-order valence-corrected chi connectivity index (χ3v) is 3.36. The Hall–Kier alpha value is -0.860. The number of nitrogens with two attached hydrogens (primary N) is 1. The second-order valence-electron chi connectivity index (χ2n) is 4.54. The Bertz CT molecular complexity index is 281. The van der Waals surface area contributed by atoms with E-state index in [0.29, 0.717) is 0 Å². The number of hydrogen-bond acceptors (Lipinski definition) is 2. The summed E-state index contributed by atoms with van der Waals surface area (Å²) in [5, 5.41) is 0. The molecular formula is C17H32N2. The van der Waals surface area contributed by atoms with E-state index in [0.717, 1.165) is 19.5 Å². The summed E-state index contributed by atoms with van der Waals surface area (Å²) in [5.74, 6) is 0. The topological polar surface area (TPSA) is 29.3 Å². The predicted molar refractivity (Wildman–Crippen MR) is 86.4 cm³/mol. The molecule has 0 aliphatic rings. The fourth-order valence-corrected chi connectivity index (χ4v) is 2.11. The van der Waals surface area contributed by atoms with Crippen LogP contribution in [-0.2, 0) is 0 Å². The van der Waals surface area contributed by atoms with Crippen LogP contribution in [0.4, 0.5) is 0 Å². The molecule has 1 aromatic rings. The number of rotatable bonds is 8. The van der Waals surface area contributed by atoms with Crippen LogP contribution in [0.15, 0.2) is 30.3 Å². The van der Waals surface area contributed by atoms with Crippen LogP contribution in [-0.4, -0.2) is 24.5 Å². The predicted octanol–water partition coefficient (Wildman–Crippen LogP) is 4.22. The fourth-order valence-electron chi connectivity index (χ4n) is 2.11. The molecule has 0 aliphatic heterocycles. The third-order valence-electron chi connectivity index (χ3n) is 3.36. The maximum Gasteiger partial charge on any atom is 0.0294 e. The summed E-state index contributed by atoms with van der Waals surface area (Å²) in [6, 6.07) is 10.6. The summed E-state index contributed by atoms with van der Waals surface area (Å²) in [7, 11) is 0. The summed E-state index contributed by atoms with van der Waals surface area (Å²) >= 11 is 0. The van der Waals surface area contributed by atoms with Gasteiger partial charge in [-0.2, -0.15) is 0 Å². The summed E-state index contributed by atoms with van der Waals surface area (Å²) in [6.45, 7) is 12.0. The van der Waals surface area contributed by atoms with E-state index in [-0.39, 0.29) is 6.04 Å². The van der Waals surface area contributed by atoms with Gasteiger partial charge in [0, 0.05) is 6.04 Å². The van der Waals surface area contributed by atoms with Gasteiger partial charge in [-0.05, 0) is 38.0 Å². The van der Waals surface area contributed by atoms with Crippen molar-refractivity contribution in [2.75, 3.05) is 19.6 Å². The zero-order valence-corrected chi connectivity index (χ0v) is 13.2. The summed E-state index contributed by atoms with van der Waals surface area (Å²) in [5.41, 5.74) is 7.42. The van der Waals surface area contributed by atoms with E-state index in [9.17, 15) is 0 Å². The lowest BCUT2D eigenvalue weighted by Crippen LogP contribution is -2.24. The highest BCUT2D eigenvalue weighted by atomic mass is 15.1. The average molecular weight is 264 g/mol. The first-order chi connectivity index (χ1) is 9.27. The van der Waals surface area contributed by atoms with Gasteiger partial charge in [0.1, 0.15) is 0 Å². The van der Waals surface area contributed by atoms with Crippen LogP contribution in [0.5, 0.6) is 0 Å². The monoisotopic (exact) mass is 264 g/mol. The van der Waals surface area contributed by atoms with Crippen molar-refractivity contribution in [3.8, 4) is 0 Å². The zero-order valence-electron chi connectivity index (χ0n) is 13.2. The summed E-state index contributed by atoms with van der Waals surface area (Å²) < 4.78 is 0. The molecule has 0 bridgehead atoms. The molecule has 0 saturated carbocycles. The van der Waals surface area contributed by atoms with Gasteiger partial charge in [0.15, 0.2) is 0 Å². The van der Waals surface area contributed by atoms with Crippen LogP contribution < -0.4 is 5.73 Å². The minimum atomic E-state index is 0.202. The molecule has 1 unspecified atom stereocenters. The molecule has 110 valence electrons. The van der Waals surface area contributed by atoms with E-state index in [1.54, 1.807) is 0 Å². The van der Waals surface area contributed by atoms with E-state index < -0.39 is 0 Å². The molecule has 0 fully saturated rings. The first kappa shape index (κ1) is 18.1. The van der Waals surface area contributed by atoms with Crippen LogP contribution in [0.2, 0.25) is 0 Å². The molecule has 2 heteroatoms. The smallest absolute Gasteiger partial charge is 0.0294 e. The highest BCUT2D eigenvalue weighted by Gasteiger charge is 2.05. The Morgan fingerprint density at radius 1 is 1.00 bits per heavy atom. The SMILES string of the molecule is CC.CCN(CC)CCCCC(N)c1ccccc1. The van der Waals surface area contributed by atoms with E-state index in [4.69, 9.17) is 5.73 Å². The fraction of sp³-hybridized carbons (Fsp3) is 0.647. The molecule has 0 radical (unpaired) electrons. The quantitative estimate of drug-likeness (QED) is 0.712. The molecule has 2 N–H and O–H groups in total. The molecule has 2 nitrogen and oxygen atoms in total. The second-order valence-corrected chi connectivity index (χ2v) is 4.54. The van der Waals surface area contributed by atoms with Crippen molar-refractivity contribution >= 4 is 0 Å². The van der Waals surface area contributed by atoms with Gasteiger partial charge >= 0.3 is 0 Å². The van der Waals surface area contributed by atoms with Crippen molar-refractivity contribution in [2.45, 2.75) is 53.0 Å². The molecule has 0 aliphatic carbocycles. The van der Waals surface area contributed by atoms with Crippen LogP contribution >= 0.6 is 0 Å². The van der Waals surface area contributed by atoms with E-state index in [1.807, 2.05) is 19.9 Å². The van der Waals surface area contributed by atoms with E-state index >= 15 is 0 Å². The second kappa shape index (κ2) is 12.2. The van der Waals surface area contributed by atoms with E-state index in [1.165, 1.54) is 24.9 Å². The van der Waals surface area contributed by atoms with Crippen molar-refractivity contribution in [3.05, 3.63) is 35.9 Å². The minimum absolute atomic E-state index is 0.202.